The number of hydrogen-bond acceptors (Lipinski definition) is 4. The van der Waals surface area contributed by atoms with Gasteiger partial charge < -0.3 is 0 Å². The first-order valence-electron chi connectivity index (χ1n) is 9.50. The van der Waals surface area contributed by atoms with Crippen LogP contribution in [0.2, 0.25) is 0 Å². The molecule has 0 unspecified atom stereocenters. The van der Waals surface area contributed by atoms with E-state index in [1.165, 1.54) is 0 Å². The molecule has 0 spiro atoms. The van der Waals surface area contributed by atoms with Crippen LogP contribution in [0.15, 0.2) is 36.4 Å². The van der Waals surface area contributed by atoms with Crippen LogP contribution in [0.5, 0.6) is 0 Å². The van der Waals surface area contributed by atoms with Gasteiger partial charge in [-0.3, -0.25) is 29.8 Å². The summed E-state index contributed by atoms with van der Waals surface area (Å²) in [5.74, 6) is -1.47. The predicted octanol–water partition coefficient (Wildman–Crippen LogP) is 2.70. The molecule has 2 heterocycles. The first kappa shape index (κ1) is 16.9. The van der Waals surface area contributed by atoms with E-state index in [0.717, 1.165) is 43.2 Å². The standard InChI is InChI=1S/C22H18N2O4/c25-18-14-6-4-12(10-16(14)20(27)23-18)22(8-2-1-3-9-22)13-5-7-15-17(11-13)21(28)24-19(15)26/h4-7,10-11H,1-3,8-9H2,(H,23,25,27)(H,24,26,28). The first-order valence-corrected chi connectivity index (χ1v) is 9.50. The number of nitrogens with one attached hydrogen (secondary N) is 2. The van der Waals surface area contributed by atoms with Crippen molar-refractivity contribution in [1.29, 1.82) is 0 Å². The third-order valence-electron chi connectivity index (χ3n) is 6.28. The number of carbonyl (C=O) groups is 4. The summed E-state index contributed by atoms with van der Waals surface area (Å²) in [4.78, 5) is 48.1. The fourth-order valence-electron chi connectivity index (χ4n) is 4.83. The summed E-state index contributed by atoms with van der Waals surface area (Å²) in [5, 5.41) is 4.68. The van der Waals surface area contributed by atoms with Crippen LogP contribution in [0, 0.1) is 0 Å². The minimum atomic E-state index is -0.369. The van der Waals surface area contributed by atoms with Crippen molar-refractivity contribution in [2.45, 2.75) is 37.5 Å². The van der Waals surface area contributed by atoms with Crippen molar-refractivity contribution in [3.8, 4) is 0 Å². The van der Waals surface area contributed by atoms with Gasteiger partial charge in [0.15, 0.2) is 0 Å². The highest BCUT2D eigenvalue weighted by Crippen LogP contribution is 2.46. The van der Waals surface area contributed by atoms with Gasteiger partial charge in [0.25, 0.3) is 23.6 Å². The Bertz CT molecular complexity index is 1000. The van der Waals surface area contributed by atoms with Crippen molar-refractivity contribution < 1.29 is 19.2 Å². The Balaban J connectivity index is 1.68. The number of rotatable bonds is 2. The monoisotopic (exact) mass is 374 g/mol. The number of hydrogen-bond donors (Lipinski definition) is 2. The molecule has 1 aliphatic carbocycles. The lowest BCUT2D eigenvalue weighted by molar-refractivity contribution is 0.0863. The Labute approximate surface area is 161 Å². The molecule has 140 valence electrons. The van der Waals surface area contributed by atoms with Gasteiger partial charge in [-0.2, -0.15) is 0 Å². The molecule has 0 bridgehead atoms. The van der Waals surface area contributed by atoms with Gasteiger partial charge in [-0.05, 0) is 48.2 Å². The van der Waals surface area contributed by atoms with E-state index < -0.39 is 0 Å². The second kappa shape index (κ2) is 5.86. The van der Waals surface area contributed by atoms with Crippen molar-refractivity contribution in [3.05, 3.63) is 69.8 Å². The Hall–Kier alpha value is -3.28. The molecule has 0 aromatic heterocycles. The largest absolute Gasteiger partial charge is 0.288 e. The van der Waals surface area contributed by atoms with Crippen molar-refractivity contribution >= 4 is 23.6 Å². The van der Waals surface area contributed by atoms with E-state index in [9.17, 15) is 19.2 Å². The Morgan fingerprint density at radius 2 is 1.00 bits per heavy atom. The fraction of sp³-hybridized carbons (Fsp3) is 0.273. The van der Waals surface area contributed by atoms with Gasteiger partial charge in [0.05, 0.1) is 22.3 Å². The van der Waals surface area contributed by atoms with E-state index in [0.29, 0.717) is 22.3 Å². The summed E-state index contributed by atoms with van der Waals surface area (Å²) >= 11 is 0. The molecule has 28 heavy (non-hydrogen) atoms. The van der Waals surface area contributed by atoms with E-state index in [1.54, 1.807) is 12.1 Å². The highest BCUT2D eigenvalue weighted by molar-refractivity contribution is 6.22. The minimum Gasteiger partial charge on any atom is -0.288 e. The molecule has 3 aliphatic rings. The molecule has 0 radical (unpaired) electrons. The predicted molar refractivity (Wildman–Crippen MR) is 100 cm³/mol. The number of carbonyl (C=O) groups excluding carboxylic acids is 4. The summed E-state index contributed by atoms with van der Waals surface area (Å²) in [5.41, 5.74) is 3.21. The van der Waals surface area contributed by atoms with Crippen LogP contribution in [-0.4, -0.2) is 23.6 Å². The average molecular weight is 374 g/mol. The fourth-order valence-corrected chi connectivity index (χ4v) is 4.83. The zero-order valence-corrected chi connectivity index (χ0v) is 15.1. The van der Waals surface area contributed by atoms with E-state index in [4.69, 9.17) is 0 Å². The van der Waals surface area contributed by atoms with Gasteiger partial charge in [-0.25, -0.2) is 0 Å². The molecule has 1 fully saturated rings. The van der Waals surface area contributed by atoms with Crippen LogP contribution in [0.4, 0.5) is 0 Å². The third kappa shape index (κ3) is 2.27. The van der Waals surface area contributed by atoms with Crippen LogP contribution in [0.3, 0.4) is 0 Å². The van der Waals surface area contributed by atoms with Gasteiger partial charge in [-0.15, -0.1) is 0 Å². The second-order valence-electron chi connectivity index (χ2n) is 7.73. The molecule has 1 saturated carbocycles. The molecule has 2 aromatic rings. The zero-order valence-electron chi connectivity index (χ0n) is 15.1. The third-order valence-corrected chi connectivity index (χ3v) is 6.28. The van der Waals surface area contributed by atoms with Crippen LogP contribution < -0.4 is 10.6 Å². The molecule has 2 aliphatic heterocycles. The number of amides is 4. The van der Waals surface area contributed by atoms with Crippen LogP contribution in [0.1, 0.15) is 84.7 Å². The molecule has 0 saturated heterocycles. The van der Waals surface area contributed by atoms with Gasteiger partial charge in [0.2, 0.25) is 0 Å². The average Bonchev–Trinajstić information content (AvgIpc) is 3.17. The molecule has 5 rings (SSSR count). The van der Waals surface area contributed by atoms with Crippen molar-refractivity contribution in [2.24, 2.45) is 0 Å². The van der Waals surface area contributed by atoms with Crippen LogP contribution in [-0.2, 0) is 5.41 Å². The highest BCUT2D eigenvalue weighted by Gasteiger charge is 2.39. The van der Waals surface area contributed by atoms with Gasteiger partial charge in [0.1, 0.15) is 0 Å². The zero-order chi connectivity index (χ0) is 19.5. The number of imide groups is 2. The summed E-state index contributed by atoms with van der Waals surface area (Å²) in [6.45, 7) is 0. The molecule has 2 N–H and O–H groups in total. The molecule has 0 atom stereocenters. The van der Waals surface area contributed by atoms with Gasteiger partial charge in [-0.1, -0.05) is 31.4 Å². The van der Waals surface area contributed by atoms with Gasteiger partial charge in [0, 0.05) is 5.41 Å². The summed E-state index contributed by atoms with van der Waals surface area (Å²) in [7, 11) is 0. The lowest BCUT2D eigenvalue weighted by Gasteiger charge is -2.39. The van der Waals surface area contributed by atoms with Crippen molar-refractivity contribution in [3.63, 3.8) is 0 Å². The topological polar surface area (TPSA) is 92.3 Å². The lowest BCUT2D eigenvalue weighted by Crippen LogP contribution is -2.31. The maximum Gasteiger partial charge on any atom is 0.258 e. The molecular formula is C22H18N2O4. The van der Waals surface area contributed by atoms with Crippen LogP contribution in [0.25, 0.3) is 0 Å². The molecule has 6 heteroatoms. The summed E-state index contributed by atoms with van der Waals surface area (Å²) in [6, 6.07) is 10.9. The number of benzene rings is 2. The summed E-state index contributed by atoms with van der Waals surface area (Å²) in [6.07, 6.45) is 4.97. The maximum absolute atomic E-state index is 12.2. The van der Waals surface area contributed by atoms with E-state index >= 15 is 0 Å². The number of fused-ring (bicyclic) bond motifs is 2. The van der Waals surface area contributed by atoms with Crippen LogP contribution >= 0.6 is 0 Å². The first-order chi connectivity index (χ1) is 13.5. The summed E-state index contributed by atoms with van der Waals surface area (Å²) < 4.78 is 0. The van der Waals surface area contributed by atoms with E-state index in [1.807, 2.05) is 24.3 Å². The Morgan fingerprint density at radius 3 is 1.46 bits per heavy atom. The highest BCUT2D eigenvalue weighted by atomic mass is 16.2. The molecule has 6 nitrogen and oxygen atoms in total. The maximum atomic E-state index is 12.2. The van der Waals surface area contributed by atoms with Crippen molar-refractivity contribution in [1.82, 2.24) is 10.6 Å². The second-order valence-corrected chi connectivity index (χ2v) is 7.73. The SMILES string of the molecule is O=C1NC(=O)c2cc(C3(c4ccc5c(c4)C(=O)NC5=O)CCCCC3)ccc21. The van der Waals surface area contributed by atoms with Crippen molar-refractivity contribution in [2.75, 3.05) is 0 Å². The van der Waals surface area contributed by atoms with E-state index in [-0.39, 0.29) is 29.0 Å². The lowest BCUT2D eigenvalue weighted by atomic mass is 9.64. The van der Waals surface area contributed by atoms with Gasteiger partial charge >= 0.3 is 0 Å². The quantitative estimate of drug-likeness (QED) is 0.791. The van der Waals surface area contributed by atoms with E-state index in [2.05, 4.69) is 10.6 Å². The molecular weight excluding hydrogens is 356 g/mol. The minimum absolute atomic E-state index is 0.347. The Kier molecular flexibility index (Phi) is 3.53. The molecule has 2 aromatic carbocycles. The Morgan fingerprint density at radius 1 is 0.571 bits per heavy atom. The molecule has 4 amide bonds. The normalized spacial score (nSPS) is 19.9. The smallest absolute Gasteiger partial charge is 0.258 e.